The smallest absolute Gasteiger partial charge is 0.371 e. The predicted octanol–water partition coefficient (Wildman–Crippen LogP) is 2.00. The summed E-state index contributed by atoms with van der Waals surface area (Å²) in [6.45, 7) is 3.67. The largest absolute Gasteiger partial charge is 0.475 e. The van der Waals surface area contributed by atoms with Crippen molar-refractivity contribution < 1.29 is 14.3 Å². The van der Waals surface area contributed by atoms with Gasteiger partial charge in [-0.2, -0.15) is 5.10 Å². The molecule has 0 aliphatic heterocycles. The number of hydrogen-bond donors (Lipinski definition) is 1. The number of furan rings is 1. The molecule has 84 valence electrons. The van der Waals surface area contributed by atoms with Crippen LogP contribution in [0.4, 0.5) is 0 Å². The first-order valence-electron chi connectivity index (χ1n) is 4.83. The second kappa shape index (κ2) is 3.52. The van der Waals surface area contributed by atoms with Gasteiger partial charge in [0.15, 0.2) is 0 Å². The fourth-order valence-corrected chi connectivity index (χ4v) is 1.76. The van der Waals surface area contributed by atoms with Gasteiger partial charge in [0.25, 0.3) is 0 Å². The minimum atomic E-state index is -1.06. The first-order chi connectivity index (χ1) is 7.50. The zero-order chi connectivity index (χ0) is 11.9. The molecule has 0 radical (unpaired) electrons. The molecule has 1 N–H and O–H groups in total. The van der Waals surface area contributed by atoms with E-state index in [9.17, 15) is 4.79 Å². The fraction of sp³-hybridized carbons (Fsp3) is 0.273. The summed E-state index contributed by atoms with van der Waals surface area (Å²) >= 11 is 0. The molecule has 0 atom stereocenters. The SMILES string of the molecule is Cc1cnn(C)c1-c1cc(C(=O)O)oc1C. The number of aromatic carboxylic acids is 1. The van der Waals surface area contributed by atoms with E-state index in [0.717, 1.165) is 16.8 Å². The van der Waals surface area contributed by atoms with Crippen LogP contribution in [-0.4, -0.2) is 20.9 Å². The van der Waals surface area contributed by atoms with Gasteiger partial charge in [-0.05, 0) is 19.4 Å². The molecular weight excluding hydrogens is 208 g/mol. The Morgan fingerprint density at radius 1 is 1.50 bits per heavy atom. The van der Waals surface area contributed by atoms with Gasteiger partial charge in [-0.25, -0.2) is 4.79 Å². The molecule has 0 aliphatic carbocycles. The van der Waals surface area contributed by atoms with Crippen molar-refractivity contribution in [3.8, 4) is 11.3 Å². The van der Waals surface area contributed by atoms with E-state index >= 15 is 0 Å². The van der Waals surface area contributed by atoms with E-state index in [-0.39, 0.29) is 5.76 Å². The van der Waals surface area contributed by atoms with Gasteiger partial charge in [0.1, 0.15) is 5.76 Å². The molecule has 16 heavy (non-hydrogen) atoms. The Balaban J connectivity index is 2.61. The van der Waals surface area contributed by atoms with Gasteiger partial charge in [-0.3, -0.25) is 4.68 Å². The van der Waals surface area contributed by atoms with E-state index in [1.807, 2.05) is 14.0 Å². The Bertz CT molecular complexity index is 532. The second-order valence-electron chi connectivity index (χ2n) is 3.69. The lowest BCUT2D eigenvalue weighted by molar-refractivity contribution is 0.0661. The summed E-state index contributed by atoms with van der Waals surface area (Å²) in [6.07, 6.45) is 1.74. The zero-order valence-corrected chi connectivity index (χ0v) is 9.31. The fourth-order valence-electron chi connectivity index (χ4n) is 1.76. The molecule has 0 spiro atoms. The van der Waals surface area contributed by atoms with E-state index in [2.05, 4.69) is 5.10 Å². The molecule has 5 nitrogen and oxygen atoms in total. The van der Waals surface area contributed by atoms with Crippen LogP contribution < -0.4 is 0 Å². The Morgan fingerprint density at radius 2 is 2.19 bits per heavy atom. The first-order valence-corrected chi connectivity index (χ1v) is 4.83. The van der Waals surface area contributed by atoms with Crippen LogP contribution in [0.1, 0.15) is 21.9 Å². The summed E-state index contributed by atoms with van der Waals surface area (Å²) in [5.41, 5.74) is 2.65. The molecule has 2 aromatic rings. The highest BCUT2D eigenvalue weighted by molar-refractivity contribution is 5.87. The molecule has 0 aromatic carbocycles. The van der Waals surface area contributed by atoms with E-state index in [1.54, 1.807) is 17.8 Å². The molecule has 0 saturated heterocycles. The number of aryl methyl sites for hydroxylation is 3. The van der Waals surface area contributed by atoms with Gasteiger partial charge in [-0.15, -0.1) is 0 Å². The van der Waals surface area contributed by atoms with E-state index in [0.29, 0.717) is 5.76 Å². The van der Waals surface area contributed by atoms with Crippen molar-refractivity contribution in [2.75, 3.05) is 0 Å². The van der Waals surface area contributed by atoms with Crippen LogP contribution in [0, 0.1) is 13.8 Å². The van der Waals surface area contributed by atoms with Gasteiger partial charge < -0.3 is 9.52 Å². The monoisotopic (exact) mass is 220 g/mol. The second-order valence-corrected chi connectivity index (χ2v) is 3.69. The first kappa shape index (κ1) is 10.5. The van der Waals surface area contributed by atoms with Gasteiger partial charge in [-0.1, -0.05) is 0 Å². The van der Waals surface area contributed by atoms with Gasteiger partial charge >= 0.3 is 5.97 Å². The van der Waals surface area contributed by atoms with Crippen molar-refractivity contribution in [2.24, 2.45) is 7.05 Å². The molecule has 0 aliphatic rings. The van der Waals surface area contributed by atoms with Gasteiger partial charge in [0, 0.05) is 18.7 Å². The van der Waals surface area contributed by atoms with Crippen LogP contribution in [0.25, 0.3) is 11.3 Å². The van der Waals surface area contributed by atoms with Crippen molar-refractivity contribution in [2.45, 2.75) is 13.8 Å². The van der Waals surface area contributed by atoms with Crippen LogP contribution in [0.2, 0.25) is 0 Å². The summed E-state index contributed by atoms with van der Waals surface area (Å²) in [4.78, 5) is 10.8. The number of hydrogen-bond acceptors (Lipinski definition) is 3. The molecule has 0 unspecified atom stereocenters. The highest BCUT2D eigenvalue weighted by Gasteiger charge is 2.18. The third kappa shape index (κ3) is 1.50. The summed E-state index contributed by atoms with van der Waals surface area (Å²) in [5.74, 6) is -0.522. The summed E-state index contributed by atoms with van der Waals surface area (Å²) < 4.78 is 6.88. The molecule has 0 bridgehead atoms. The number of carboxylic acid groups (broad SMARTS) is 1. The summed E-state index contributed by atoms with van der Waals surface area (Å²) in [6, 6.07) is 1.53. The lowest BCUT2D eigenvalue weighted by Crippen LogP contribution is -1.95. The minimum absolute atomic E-state index is 0.0481. The maximum absolute atomic E-state index is 10.8. The highest BCUT2D eigenvalue weighted by atomic mass is 16.4. The maximum atomic E-state index is 10.8. The van der Waals surface area contributed by atoms with Crippen molar-refractivity contribution in [1.29, 1.82) is 0 Å². The van der Waals surface area contributed by atoms with E-state index in [4.69, 9.17) is 9.52 Å². The average molecular weight is 220 g/mol. The normalized spacial score (nSPS) is 10.7. The standard InChI is InChI=1S/C11H12N2O3/c1-6-5-12-13(3)10(6)8-4-9(11(14)15)16-7(8)2/h4-5H,1-3H3,(H,14,15). The van der Waals surface area contributed by atoms with Crippen molar-refractivity contribution in [1.82, 2.24) is 9.78 Å². The Labute approximate surface area is 92.3 Å². The molecule has 2 aromatic heterocycles. The lowest BCUT2D eigenvalue weighted by Gasteiger charge is -2.00. The number of nitrogens with zero attached hydrogens (tertiary/aromatic N) is 2. The summed E-state index contributed by atoms with van der Waals surface area (Å²) in [7, 11) is 1.81. The molecule has 2 rings (SSSR count). The third-order valence-corrected chi connectivity index (χ3v) is 2.51. The number of rotatable bonds is 2. The highest BCUT2D eigenvalue weighted by Crippen LogP contribution is 2.28. The van der Waals surface area contributed by atoms with Crippen LogP contribution in [0.5, 0.6) is 0 Å². The van der Waals surface area contributed by atoms with E-state index < -0.39 is 5.97 Å². The molecular formula is C11H12N2O3. The number of carboxylic acids is 1. The number of carbonyl (C=O) groups is 1. The topological polar surface area (TPSA) is 68.3 Å². The van der Waals surface area contributed by atoms with Crippen molar-refractivity contribution in [3.63, 3.8) is 0 Å². The Morgan fingerprint density at radius 3 is 2.62 bits per heavy atom. The zero-order valence-electron chi connectivity index (χ0n) is 9.31. The minimum Gasteiger partial charge on any atom is -0.475 e. The van der Waals surface area contributed by atoms with Crippen LogP contribution in [-0.2, 0) is 7.05 Å². The maximum Gasteiger partial charge on any atom is 0.371 e. The average Bonchev–Trinajstić information content (AvgIpc) is 2.71. The molecule has 0 amide bonds. The molecule has 0 saturated carbocycles. The Hall–Kier alpha value is -2.04. The summed E-state index contributed by atoms with van der Waals surface area (Å²) in [5, 5.41) is 13.0. The van der Waals surface area contributed by atoms with Crippen LogP contribution in [0.3, 0.4) is 0 Å². The van der Waals surface area contributed by atoms with Crippen LogP contribution >= 0.6 is 0 Å². The quantitative estimate of drug-likeness (QED) is 0.840. The van der Waals surface area contributed by atoms with Crippen molar-refractivity contribution >= 4 is 5.97 Å². The lowest BCUT2D eigenvalue weighted by atomic mass is 10.1. The predicted molar refractivity (Wildman–Crippen MR) is 57.3 cm³/mol. The Kier molecular flexibility index (Phi) is 2.30. The molecule has 0 fully saturated rings. The van der Waals surface area contributed by atoms with E-state index in [1.165, 1.54) is 6.07 Å². The van der Waals surface area contributed by atoms with Crippen molar-refractivity contribution in [3.05, 3.63) is 29.3 Å². The van der Waals surface area contributed by atoms with Gasteiger partial charge in [0.2, 0.25) is 5.76 Å². The van der Waals surface area contributed by atoms with Gasteiger partial charge in [0.05, 0.1) is 11.9 Å². The van der Waals surface area contributed by atoms with Crippen LogP contribution in [0.15, 0.2) is 16.7 Å². The molecule has 2 heterocycles. The third-order valence-electron chi connectivity index (χ3n) is 2.51. The number of aromatic nitrogens is 2. The molecule has 5 heteroatoms.